The summed E-state index contributed by atoms with van der Waals surface area (Å²) in [6.07, 6.45) is 0. The number of hydrogen-bond donors (Lipinski definition) is 0. The molecule has 0 N–H and O–H groups in total. The van der Waals surface area contributed by atoms with Crippen LogP contribution in [0.5, 0.6) is 0 Å². The molecule has 0 spiro atoms. The maximum atomic E-state index is 2.52. The van der Waals surface area contributed by atoms with Crippen LogP contribution in [0.15, 0.2) is 194 Å². The SMILES string of the molecule is CC1(C)c2cc3c4ccc(-c5ccc(-c6ccc7ccc8c(-c9ccccc9)ccc9ccc6c7c98)cc5)cc4c4ccccc4c3cc2-c2c1ccc1ccccc21. The second-order valence-electron chi connectivity index (χ2n) is 17.2. The Labute approximate surface area is 342 Å². The molecule has 0 radical (unpaired) electrons. The molecule has 0 heteroatoms. The van der Waals surface area contributed by atoms with E-state index in [1.54, 1.807) is 0 Å². The van der Waals surface area contributed by atoms with Crippen molar-refractivity contribution >= 4 is 75.4 Å². The van der Waals surface area contributed by atoms with Crippen LogP contribution in [0.1, 0.15) is 25.0 Å². The van der Waals surface area contributed by atoms with Crippen molar-refractivity contribution in [3.8, 4) is 44.5 Å². The molecule has 1 aliphatic rings. The van der Waals surface area contributed by atoms with Gasteiger partial charge in [-0.2, -0.15) is 0 Å². The monoisotopic (exact) mass is 746 g/mol. The van der Waals surface area contributed by atoms with Gasteiger partial charge in [-0.25, -0.2) is 0 Å². The standard InChI is InChI=1S/C59H38/c1-59(2)54-31-25-37-12-6-7-13-44(37)58(54)53-33-51-46-15-9-8-14-45(46)50-32-41(24-28-47(50)52(51)34-55(53)59)35-16-18-38(19-17-35)43-27-21-40-22-29-48-42(36-10-4-3-5-11-36)26-20-39-23-30-49(43)57(40)56(39)48/h3-34H,1-2H3. The molecule has 0 saturated heterocycles. The molecule has 0 saturated carbocycles. The summed E-state index contributed by atoms with van der Waals surface area (Å²) in [5.41, 5.74) is 13.0. The van der Waals surface area contributed by atoms with Gasteiger partial charge in [-0.05, 0) is 149 Å². The molecular formula is C59H38. The summed E-state index contributed by atoms with van der Waals surface area (Å²) in [5.74, 6) is 0. The molecule has 12 aromatic carbocycles. The largest absolute Gasteiger partial charge is 0.0622 e. The van der Waals surface area contributed by atoms with Crippen molar-refractivity contribution in [2.45, 2.75) is 19.3 Å². The van der Waals surface area contributed by atoms with E-state index >= 15 is 0 Å². The summed E-state index contributed by atoms with van der Waals surface area (Å²) in [6, 6.07) is 73.1. The molecule has 1 aliphatic carbocycles. The first-order valence-electron chi connectivity index (χ1n) is 20.8. The normalized spacial score (nSPS) is 13.4. The highest BCUT2D eigenvalue weighted by Crippen LogP contribution is 2.54. The van der Waals surface area contributed by atoms with E-state index in [0.717, 1.165) is 0 Å². The van der Waals surface area contributed by atoms with Gasteiger partial charge in [0.25, 0.3) is 0 Å². The quantitative estimate of drug-likeness (QED) is 0.158. The van der Waals surface area contributed by atoms with Crippen LogP contribution in [0.25, 0.3) is 120 Å². The Morgan fingerprint density at radius 3 is 1.46 bits per heavy atom. The van der Waals surface area contributed by atoms with Crippen LogP contribution >= 0.6 is 0 Å². The lowest BCUT2D eigenvalue weighted by Crippen LogP contribution is -2.14. The second-order valence-corrected chi connectivity index (χ2v) is 17.2. The number of benzene rings is 12. The third-order valence-electron chi connectivity index (χ3n) is 13.8. The predicted octanol–water partition coefficient (Wildman–Crippen LogP) is 16.5. The highest BCUT2D eigenvalue weighted by atomic mass is 14.4. The van der Waals surface area contributed by atoms with Crippen LogP contribution in [0.4, 0.5) is 0 Å². The summed E-state index contributed by atoms with van der Waals surface area (Å²) in [6.45, 7) is 4.79. The lowest BCUT2D eigenvalue weighted by Gasteiger charge is -2.22. The van der Waals surface area contributed by atoms with Crippen LogP contribution in [0.3, 0.4) is 0 Å². The Balaban J connectivity index is 0.945. The Hall–Kier alpha value is -7.28. The molecule has 274 valence electrons. The molecule has 13 rings (SSSR count). The molecule has 0 fully saturated rings. The van der Waals surface area contributed by atoms with Crippen molar-refractivity contribution in [3.63, 3.8) is 0 Å². The molecule has 0 atom stereocenters. The summed E-state index contributed by atoms with van der Waals surface area (Å²) in [7, 11) is 0. The molecule has 0 nitrogen and oxygen atoms in total. The Kier molecular flexibility index (Phi) is 6.60. The summed E-state index contributed by atoms with van der Waals surface area (Å²) in [4.78, 5) is 0. The van der Waals surface area contributed by atoms with Gasteiger partial charge in [0.2, 0.25) is 0 Å². The predicted molar refractivity (Wildman–Crippen MR) is 254 cm³/mol. The van der Waals surface area contributed by atoms with Gasteiger partial charge in [-0.15, -0.1) is 0 Å². The summed E-state index contributed by atoms with van der Waals surface area (Å²) >= 11 is 0. The zero-order valence-corrected chi connectivity index (χ0v) is 33.0. The molecule has 0 aromatic heterocycles. The van der Waals surface area contributed by atoms with Gasteiger partial charge >= 0.3 is 0 Å². The van der Waals surface area contributed by atoms with E-state index in [4.69, 9.17) is 0 Å². The molecule has 0 unspecified atom stereocenters. The van der Waals surface area contributed by atoms with Crippen molar-refractivity contribution < 1.29 is 0 Å². The van der Waals surface area contributed by atoms with E-state index in [-0.39, 0.29) is 5.41 Å². The molecule has 0 bridgehead atoms. The van der Waals surface area contributed by atoms with E-state index in [0.29, 0.717) is 0 Å². The zero-order chi connectivity index (χ0) is 39.0. The van der Waals surface area contributed by atoms with Crippen molar-refractivity contribution in [2.24, 2.45) is 0 Å². The van der Waals surface area contributed by atoms with Gasteiger partial charge in [-0.1, -0.05) is 190 Å². The lowest BCUT2D eigenvalue weighted by atomic mass is 9.81. The van der Waals surface area contributed by atoms with Crippen molar-refractivity contribution in [1.82, 2.24) is 0 Å². The maximum Gasteiger partial charge on any atom is 0.0159 e. The second kappa shape index (κ2) is 11.9. The van der Waals surface area contributed by atoms with Gasteiger partial charge in [0.05, 0.1) is 0 Å². The minimum atomic E-state index is -0.0949. The minimum Gasteiger partial charge on any atom is -0.0622 e. The number of rotatable bonds is 3. The lowest BCUT2D eigenvalue weighted by molar-refractivity contribution is 0.662. The van der Waals surface area contributed by atoms with E-state index in [2.05, 4.69) is 208 Å². The summed E-state index contributed by atoms with van der Waals surface area (Å²) in [5, 5.41) is 18.4. The molecule has 59 heavy (non-hydrogen) atoms. The van der Waals surface area contributed by atoms with Crippen molar-refractivity contribution in [1.29, 1.82) is 0 Å². The van der Waals surface area contributed by atoms with Crippen LogP contribution in [0.2, 0.25) is 0 Å². The van der Waals surface area contributed by atoms with Gasteiger partial charge < -0.3 is 0 Å². The Bertz CT molecular complexity index is 3720. The third-order valence-corrected chi connectivity index (χ3v) is 13.8. The fourth-order valence-corrected chi connectivity index (χ4v) is 10.9. The Morgan fingerprint density at radius 1 is 0.271 bits per heavy atom. The topological polar surface area (TPSA) is 0 Å². The Morgan fingerprint density at radius 2 is 0.763 bits per heavy atom. The number of fused-ring (bicyclic) bond motifs is 11. The van der Waals surface area contributed by atoms with E-state index in [1.807, 2.05) is 0 Å². The van der Waals surface area contributed by atoms with Gasteiger partial charge in [0.1, 0.15) is 0 Å². The maximum absolute atomic E-state index is 2.52. The van der Waals surface area contributed by atoms with Crippen LogP contribution in [-0.2, 0) is 5.41 Å². The molecular weight excluding hydrogens is 709 g/mol. The van der Waals surface area contributed by atoms with Crippen molar-refractivity contribution in [3.05, 3.63) is 205 Å². The fourth-order valence-electron chi connectivity index (χ4n) is 10.9. The van der Waals surface area contributed by atoms with Crippen LogP contribution in [-0.4, -0.2) is 0 Å². The molecule has 0 aliphatic heterocycles. The average Bonchev–Trinajstić information content (AvgIpc) is 3.52. The van der Waals surface area contributed by atoms with E-state index in [9.17, 15) is 0 Å². The van der Waals surface area contributed by atoms with E-state index in [1.165, 1.54) is 131 Å². The molecule has 12 aromatic rings. The van der Waals surface area contributed by atoms with E-state index < -0.39 is 0 Å². The smallest absolute Gasteiger partial charge is 0.0159 e. The number of hydrogen-bond acceptors (Lipinski definition) is 0. The van der Waals surface area contributed by atoms with Gasteiger partial charge in [0.15, 0.2) is 0 Å². The highest BCUT2D eigenvalue weighted by molar-refractivity contribution is 6.29. The first kappa shape index (κ1) is 32.8. The fraction of sp³-hybridized carbons (Fsp3) is 0.0508. The molecule has 0 heterocycles. The van der Waals surface area contributed by atoms with Crippen molar-refractivity contribution in [2.75, 3.05) is 0 Å². The summed E-state index contributed by atoms with van der Waals surface area (Å²) < 4.78 is 0. The first-order chi connectivity index (χ1) is 29.0. The zero-order valence-electron chi connectivity index (χ0n) is 33.0. The third kappa shape index (κ3) is 4.55. The molecule has 0 amide bonds. The van der Waals surface area contributed by atoms with Crippen LogP contribution < -0.4 is 0 Å². The minimum absolute atomic E-state index is 0.0949. The highest BCUT2D eigenvalue weighted by Gasteiger charge is 2.37. The van der Waals surface area contributed by atoms with Crippen LogP contribution in [0, 0.1) is 0 Å². The first-order valence-corrected chi connectivity index (χ1v) is 20.8. The average molecular weight is 747 g/mol. The van der Waals surface area contributed by atoms with Gasteiger partial charge in [0, 0.05) is 5.41 Å². The van der Waals surface area contributed by atoms with Gasteiger partial charge in [-0.3, -0.25) is 0 Å².